The topological polar surface area (TPSA) is 92.3 Å². The van der Waals surface area contributed by atoms with Crippen LogP contribution in [0.15, 0.2) is 41.3 Å². The molecule has 0 atom stereocenters. The van der Waals surface area contributed by atoms with Crippen LogP contribution in [0.1, 0.15) is 28.4 Å². The number of hydrogen-bond acceptors (Lipinski definition) is 4. The maximum Gasteiger partial charge on any atom is 0.265 e. The summed E-state index contributed by atoms with van der Waals surface area (Å²) in [5.74, 6) is -2.17. The number of halogens is 1. The van der Waals surface area contributed by atoms with Gasteiger partial charge in [-0.25, -0.2) is 17.5 Å². The Morgan fingerprint density at radius 3 is 2.28 bits per heavy atom. The van der Waals surface area contributed by atoms with Gasteiger partial charge in [0.2, 0.25) is 5.91 Å². The number of rotatable bonds is 4. The molecule has 2 N–H and O–H groups in total. The third-order valence-electron chi connectivity index (χ3n) is 3.55. The molecular weight excluding hydrogens is 347 g/mol. The lowest BCUT2D eigenvalue weighted by atomic mass is 10.1. The Hall–Kier alpha value is -2.74. The van der Waals surface area contributed by atoms with E-state index in [1.807, 2.05) is 11.6 Å². The molecule has 25 heavy (non-hydrogen) atoms. The van der Waals surface area contributed by atoms with E-state index in [1.54, 1.807) is 13.0 Å². The van der Waals surface area contributed by atoms with Gasteiger partial charge in [0, 0.05) is 12.5 Å². The number of amides is 2. The van der Waals surface area contributed by atoms with Crippen molar-refractivity contribution in [3.05, 3.63) is 58.9 Å². The molecule has 2 rings (SSSR count). The molecule has 2 aromatic rings. The van der Waals surface area contributed by atoms with Gasteiger partial charge in [0.25, 0.3) is 15.9 Å². The molecular formula is C17H17FN2O4S. The zero-order valence-corrected chi connectivity index (χ0v) is 14.7. The number of carbonyl (C=O) groups excluding carboxylic acids is 2. The number of nitrogens with one attached hydrogen (secondary N) is 2. The summed E-state index contributed by atoms with van der Waals surface area (Å²) in [4.78, 5) is 23.2. The molecule has 0 heterocycles. The van der Waals surface area contributed by atoms with E-state index in [4.69, 9.17) is 0 Å². The average molecular weight is 364 g/mol. The Bertz CT molecular complexity index is 955. The van der Waals surface area contributed by atoms with Gasteiger partial charge in [0.05, 0.1) is 10.6 Å². The Kier molecular flexibility index (Phi) is 5.22. The lowest BCUT2D eigenvalue weighted by molar-refractivity contribution is -0.114. The second kappa shape index (κ2) is 7.02. The van der Waals surface area contributed by atoms with E-state index >= 15 is 0 Å². The number of aryl methyl sites for hydroxylation is 2. The highest BCUT2D eigenvalue weighted by Crippen LogP contribution is 2.18. The smallest absolute Gasteiger partial charge is 0.265 e. The quantitative estimate of drug-likeness (QED) is 0.872. The minimum absolute atomic E-state index is 0.0480. The van der Waals surface area contributed by atoms with E-state index in [9.17, 15) is 22.4 Å². The normalized spacial score (nSPS) is 11.0. The van der Waals surface area contributed by atoms with Gasteiger partial charge < -0.3 is 5.32 Å². The fraction of sp³-hybridized carbons (Fsp3) is 0.176. The van der Waals surface area contributed by atoms with Crippen LogP contribution in [0.4, 0.5) is 10.1 Å². The van der Waals surface area contributed by atoms with E-state index < -0.39 is 27.7 Å². The number of sulfonamides is 1. The molecule has 0 fully saturated rings. The first-order valence-corrected chi connectivity index (χ1v) is 8.80. The summed E-state index contributed by atoms with van der Waals surface area (Å²) in [5, 5.41) is 2.23. The largest absolute Gasteiger partial charge is 0.324 e. The SMILES string of the molecule is CC(=O)Nc1cc(C(=O)NS(=O)(=O)c2ccc(C)c(C)c2)ccc1F. The Morgan fingerprint density at radius 2 is 1.68 bits per heavy atom. The van der Waals surface area contributed by atoms with E-state index in [1.165, 1.54) is 19.1 Å². The predicted octanol–water partition coefficient (Wildman–Crippen LogP) is 2.52. The molecule has 8 heteroatoms. The second-order valence-electron chi connectivity index (χ2n) is 5.56. The molecule has 6 nitrogen and oxygen atoms in total. The lowest BCUT2D eigenvalue weighted by Crippen LogP contribution is -2.30. The second-order valence-corrected chi connectivity index (χ2v) is 7.24. The van der Waals surface area contributed by atoms with Crippen molar-refractivity contribution in [3.8, 4) is 0 Å². The van der Waals surface area contributed by atoms with Gasteiger partial charge in [-0.3, -0.25) is 9.59 Å². The van der Waals surface area contributed by atoms with Gasteiger partial charge in [-0.1, -0.05) is 6.07 Å². The van der Waals surface area contributed by atoms with Crippen molar-refractivity contribution in [3.63, 3.8) is 0 Å². The van der Waals surface area contributed by atoms with Crippen LogP contribution in [0.2, 0.25) is 0 Å². The molecule has 132 valence electrons. The molecule has 2 amide bonds. The number of anilines is 1. The summed E-state index contributed by atoms with van der Waals surface area (Å²) in [5.41, 5.74) is 1.38. The van der Waals surface area contributed by atoms with Gasteiger partial charge in [0.15, 0.2) is 0 Å². The van der Waals surface area contributed by atoms with Crippen molar-refractivity contribution >= 4 is 27.5 Å². The molecule has 0 aliphatic carbocycles. The Morgan fingerprint density at radius 1 is 1.00 bits per heavy atom. The van der Waals surface area contributed by atoms with Crippen molar-refractivity contribution in [1.29, 1.82) is 0 Å². The standard InChI is InChI=1S/C17H17FN2O4S/c1-10-4-6-14(8-11(10)2)25(23,24)20-17(22)13-5-7-15(18)16(9-13)19-12(3)21/h4-9H,1-3H3,(H,19,21)(H,20,22). The third-order valence-corrected chi connectivity index (χ3v) is 4.88. The van der Waals surface area contributed by atoms with Crippen LogP contribution in [-0.4, -0.2) is 20.2 Å². The summed E-state index contributed by atoms with van der Waals surface area (Å²) < 4.78 is 40.2. The fourth-order valence-electron chi connectivity index (χ4n) is 2.07. The number of benzene rings is 2. The first kappa shape index (κ1) is 18.6. The van der Waals surface area contributed by atoms with E-state index in [2.05, 4.69) is 5.32 Å². The van der Waals surface area contributed by atoms with Crippen LogP contribution in [0, 0.1) is 19.7 Å². The monoisotopic (exact) mass is 364 g/mol. The van der Waals surface area contributed by atoms with Gasteiger partial charge in [-0.15, -0.1) is 0 Å². The maximum absolute atomic E-state index is 13.6. The van der Waals surface area contributed by atoms with Gasteiger partial charge in [0.1, 0.15) is 5.82 Å². The maximum atomic E-state index is 13.6. The average Bonchev–Trinajstić information content (AvgIpc) is 2.51. The highest BCUT2D eigenvalue weighted by molar-refractivity contribution is 7.90. The van der Waals surface area contributed by atoms with Gasteiger partial charge >= 0.3 is 0 Å². The minimum Gasteiger partial charge on any atom is -0.324 e. The van der Waals surface area contributed by atoms with Crippen LogP contribution >= 0.6 is 0 Å². The van der Waals surface area contributed by atoms with Crippen LogP contribution < -0.4 is 10.0 Å². The van der Waals surface area contributed by atoms with Crippen molar-refractivity contribution in [2.45, 2.75) is 25.7 Å². The zero-order chi connectivity index (χ0) is 18.8. The van der Waals surface area contributed by atoms with E-state index in [-0.39, 0.29) is 16.1 Å². The van der Waals surface area contributed by atoms with Crippen LogP contribution in [-0.2, 0) is 14.8 Å². The molecule has 0 aromatic heterocycles. The minimum atomic E-state index is -4.07. The molecule has 0 saturated heterocycles. The summed E-state index contributed by atoms with van der Waals surface area (Å²) >= 11 is 0. The molecule has 2 aromatic carbocycles. The Balaban J connectivity index is 2.29. The van der Waals surface area contributed by atoms with Crippen LogP contribution in [0.25, 0.3) is 0 Å². The molecule has 0 bridgehead atoms. The first-order valence-electron chi connectivity index (χ1n) is 7.31. The molecule has 0 spiro atoms. The van der Waals surface area contributed by atoms with Crippen molar-refractivity contribution in [1.82, 2.24) is 4.72 Å². The lowest BCUT2D eigenvalue weighted by Gasteiger charge is -2.10. The van der Waals surface area contributed by atoms with E-state index in [0.717, 1.165) is 29.3 Å². The first-order chi connectivity index (χ1) is 11.6. The number of hydrogen-bond donors (Lipinski definition) is 2. The van der Waals surface area contributed by atoms with Crippen molar-refractivity contribution < 1.29 is 22.4 Å². The molecule has 0 aliphatic heterocycles. The predicted molar refractivity (Wildman–Crippen MR) is 91.3 cm³/mol. The highest BCUT2D eigenvalue weighted by atomic mass is 32.2. The molecule has 0 radical (unpaired) electrons. The van der Waals surface area contributed by atoms with Crippen molar-refractivity contribution in [2.75, 3.05) is 5.32 Å². The molecule has 0 aliphatic rings. The Labute approximate surface area is 145 Å². The van der Waals surface area contributed by atoms with Crippen LogP contribution in [0.3, 0.4) is 0 Å². The van der Waals surface area contributed by atoms with Crippen LogP contribution in [0.5, 0.6) is 0 Å². The van der Waals surface area contributed by atoms with E-state index in [0.29, 0.717) is 0 Å². The molecule has 0 saturated carbocycles. The summed E-state index contributed by atoms with van der Waals surface area (Å²) in [6, 6.07) is 7.67. The fourth-order valence-corrected chi connectivity index (χ4v) is 3.13. The molecule has 0 unspecified atom stereocenters. The zero-order valence-electron chi connectivity index (χ0n) is 13.9. The van der Waals surface area contributed by atoms with Gasteiger partial charge in [-0.05, 0) is 55.3 Å². The summed E-state index contributed by atoms with van der Waals surface area (Å²) in [6.45, 7) is 4.79. The van der Waals surface area contributed by atoms with Crippen molar-refractivity contribution in [2.24, 2.45) is 0 Å². The summed E-state index contributed by atoms with van der Waals surface area (Å²) in [6.07, 6.45) is 0. The van der Waals surface area contributed by atoms with Gasteiger partial charge in [-0.2, -0.15) is 0 Å². The third kappa shape index (κ3) is 4.42. The number of carbonyl (C=O) groups is 2. The highest BCUT2D eigenvalue weighted by Gasteiger charge is 2.20. The summed E-state index contributed by atoms with van der Waals surface area (Å²) in [7, 11) is -4.07.